The van der Waals surface area contributed by atoms with E-state index in [1.54, 1.807) is 0 Å². The molecule has 11 heavy (non-hydrogen) atoms. The highest BCUT2D eigenvalue weighted by atomic mass is 35.5. The summed E-state index contributed by atoms with van der Waals surface area (Å²) in [5, 5.41) is 0.623. The van der Waals surface area contributed by atoms with Crippen molar-refractivity contribution >= 4 is 11.6 Å². The summed E-state index contributed by atoms with van der Waals surface area (Å²) < 4.78 is 0. The molecule has 0 N–H and O–H groups in total. The summed E-state index contributed by atoms with van der Waals surface area (Å²) in [5.74, 6) is 0.774. The normalized spacial score (nSPS) is 16.9. The molecule has 0 unspecified atom stereocenters. The second kappa shape index (κ2) is 2.49. The van der Waals surface area contributed by atoms with Gasteiger partial charge in [-0.25, -0.2) is 4.98 Å². The van der Waals surface area contributed by atoms with Gasteiger partial charge in [-0.2, -0.15) is 0 Å². The Morgan fingerprint density at radius 2 is 2.27 bits per heavy atom. The number of aromatic nitrogens is 1. The minimum absolute atomic E-state index is 0.623. The molecule has 1 heterocycles. The molecular weight excluding hydrogens is 158 g/mol. The van der Waals surface area contributed by atoms with Crippen LogP contribution in [0.5, 0.6) is 0 Å². The Hall–Kier alpha value is -0.560. The maximum Gasteiger partial charge on any atom is 0.129 e. The van der Waals surface area contributed by atoms with Gasteiger partial charge in [-0.15, -0.1) is 0 Å². The molecule has 1 aliphatic rings. The number of halogens is 1. The summed E-state index contributed by atoms with van der Waals surface area (Å²) >= 11 is 5.78. The van der Waals surface area contributed by atoms with Gasteiger partial charge in [0.1, 0.15) is 5.15 Å². The van der Waals surface area contributed by atoms with E-state index < -0.39 is 0 Å². The van der Waals surface area contributed by atoms with Gasteiger partial charge < -0.3 is 0 Å². The highest BCUT2D eigenvalue weighted by Crippen LogP contribution is 2.41. The summed E-state index contributed by atoms with van der Waals surface area (Å²) in [6.07, 6.45) is 4.50. The van der Waals surface area contributed by atoms with Crippen LogP contribution in [0.25, 0.3) is 0 Å². The van der Waals surface area contributed by atoms with E-state index in [2.05, 4.69) is 11.9 Å². The van der Waals surface area contributed by atoms with Crippen LogP contribution in [0.3, 0.4) is 0 Å². The van der Waals surface area contributed by atoms with Crippen LogP contribution in [-0.4, -0.2) is 4.98 Å². The predicted octanol–water partition coefficient (Wildman–Crippen LogP) is 2.92. The highest BCUT2D eigenvalue weighted by Gasteiger charge is 2.25. The molecule has 1 nitrogen and oxygen atoms in total. The Morgan fingerprint density at radius 1 is 1.55 bits per heavy atom. The lowest BCUT2D eigenvalue weighted by Crippen LogP contribution is -1.87. The molecule has 0 radical (unpaired) electrons. The van der Waals surface area contributed by atoms with Crippen LogP contribution in [0.1, 0.15) is 29.9 Å². The van der Waals surface area contributed by atoms with Crippen molar-refractivity contribution in [2.24, 2.45) is 0 Å². The standard InChI is InChI=1S/C9H10ClN/c1-6-5-11-9(10)4-8(6)7-2-3-7/h4-5,7H,2-3H2,1H3. The van der Waals surface area contributed by atoms with Gasteiger partial charge in [-0.3, -0.25) is 0 Å². The van der Waals surface area contributed by atoms with E-state index in [0.29, 0.717) is 5.15 Å². The molecule has 1 fully saturated rings. The Balaban J connectivity index is 2.42. The topological polar surface area (TPSA) is 12.9 Å². The Bertz CT molecular complexity index is 279. The molecule has 0 spiro atoms. The van der Waals surface area contributed by atoms with Crippen LogP contribution in [0.4, 0.5) is 0 Å². The van der Waals surface area contributed by atoms with Crippen molar-refractivity contribution in [1.29, 1.82) is 0 Å². The molecule has 0 atom stereocenters. The maximum absolute atomic E-state index is 5.78. The number of hydrogen-bond donors (Lipinski definition) is 0. The van der Waals surface area contributed by atoms with E-state index in [9.17, 15) is 0 Å². The second-order valence-corrected chi connectivity index (χ2v) is 3.53. The van der Waals surface area contributed by atoms with Crippen LogP contribution >= 0.6 is 11.6 Å². The Labute approximate surface area is 71.4 Å². The maximum atomic E-state index is 5.78. The van der Waals surface area contributed by atoms with E-state index in [0.717, 1.165) is 5.92 Å². The van der Waals surface area contributed by atoms with Gasteiger partial charge in [-0.1, -0.05) is 11.6 Å². The van der Waals surface area contributed by atoms with E-state index in [1.165, 1.54) is 24.0 Å². The van der Waals surface area contributed by atoms with Crippen molar-refractivity contribution in [3.8, 4) is 0 Å². The molecule has 1 aromatic rings. The third-order valence-electron chi connectivity index (χ3n) is 2.13. The Kier molecular flexibility index (Phi) is 1.61. The van der Waals surface area contributed by atoms with Gasteiger partial charge in [0.05, 0.1) is 0 Å². The molecule has 1 saturated carbocycles. The molecule has 2 rings (SSSR count). The first kappa shape index (κ1) is 7.11. The average molecular weight is 168 g/mol. The molecule has 2 heteroatoms. The number of rotatable bonds is 1. The van der Waals surface area contributed by atoms with Crippen LogP contribution in [0.15, 0.2) is 12.3 Å². The molecule has 58 valence electrons. The van der Waals surface area contributed by atoms with Gasteiger partial charge in [0.15, 0.2) is 0 Å². The van der Waals surface area contributed by atoms with Crippen molar-refractivity contribution in [2.75, 3.05) is 0 Å². The molecule has 0 aromatic carbocycles. The molecule has 0 saturated heterocycles. The van der Waals surface area contributed by atoms with Crippen molar-refractivity contribution in [1.82, 2.24) is 4.98 Å². The zero-order chi connectivity index (χ0) is 7.84. The Morgan fingerprint density at radius 3 is 2.91 bits per heavy atom. The fourth-order valence-electron chi connectivity index (χ4n) is 1.35. The van der Waals surface area contributed by atoms with E-state index in [1.807, 2.05) is 12.3 Å². The highest BCUT2D eigenvalue weighted by molar-refractivity contribution is 6.29. The summed E-state index contributed by atoms with van der Waals surface area (Å²) in [4.78, 5) is 4.01. The summed E-state index contributed by atoms with van der Waals surface area (Å²) in [5.41, 5.74) is 2.67. The number of hydrogen-bond acceptors (Lipinski definition) is 1. The van der Waals surface area contributed by atoms with Crippen LogP contribution in [0.2, 0.25) is 5.15 Å². The first-order valence-corrected chi connectivity index (χ1v) is 4.27. The van der Waals surface area contributed by atoms with Crippen LogP contribution < -0.4 is 0 Å². The first-order chi connectivity index (χ1) is 5.27. The molecule has 1 aromatic heterocycles. The zero-order valence-electron chi connectivity index (χ0n) is 6.47. The lowest BCUT2D eigenvalue weighted by atomic mass is 10.1. The predicted molar refractivity (Wildman–Crippen MR) is 46.0 cm³/mol. The molecule has 1 aliphatic carbocycles. The lowest BCUT2D eigenvalue weighted by molar-refractivity contribution is 1.07. The lowest BCUT2D eigenvalue weighted by Gasteiger charge is -2.02. The third kappa shape index (κ3) is 1.38. The van der Waals surface area contributed by atoms with Crippen LogP contribution in [0, 0.1) is 6.92 Å². The quantitative estimate of drug-likeness (QED) is 0.587. The minimum Gasteiger partial charge on any atom is -0.244 e. The SMILES string of the molecule is Cc1cnc(Cl)cc1C1CC1. The molecule has 0 aliphatic heterocycles. The van der Waals surface area contributed by atoms with Crippen molar-refractivity contribution in [3.63, 3.8) is 0 Å². The number of aryl methyl sites for hydroxylation is 1. The fraction of sp³-hybridized carbons (Fsp3) is 0.444. The van der Waals surface area contributed by atoms with E-state index in [-0.39, 0.29) is 0 Å². The zero-order valence-corrected chi connectivity index (χ0v) is 7.23. The molecule has 0 bridgehead atoms. The van der Waals surface area contributed by atoms with E-state index >= 15 is 0 Å². The smallest absolute Gasteiger partial charge is 0.129 e. The molecular formula is C9H10ClN. The largest absolute Gasteiger partial charge is 0.244 e. The van der Waals surface area contributed by atoms with Crippen LogP contribution in [-0.2, 0) is 0 Å². The summed E-state index contributed by atoms with van der Waals surface area (Å²) in [6, 6.07) is 1.99. The summed E-state index contributed by atoms with van der Waals surface area (Å²) in [7, 11) is 0. The van der Waals surface area contributed by atoms with E-state index in [4.69, 9.17) is 11.6 Å². The van der Waals surface area contributed by atoms with Crippen molar-refractivity contribution in [2.45, 2.75) is 25.7 Å². The number of nitrogens with zero attached hydrogens (tertiary/aromatic N) is 1. The van der Waals surface area contributed by atoms with Gasteiger partial charge >= 0.3 is 0 Å². The van der Waals surface area contributed by atoms with Gasteiger partial charge in [0.2, 0.25) is 0 Å². The minimum atomic E-state index is 0.623. The number of pyridine rings is 1. The van der Waals surface area contributed by atoms with Crippen molar-refractivity contribution < 1.29 is 0 Å². The second-order valence-electron chi connectivity index (χ2n) is 3.14. The van der Waals surface area contributed by atoms with Gasteiger partial charge in [-0.05, 0) is 42.9 Å². The van der Waals surface area contributed by atoms with Crippen molar-refractivity contribution in [3.05, 3.63) is 28.5 Å². The fourth-order valence-corrected chi connectivity index (χ4v) is 1.51. The molecule has 0 amide bonds. The monoisotopic (exact) mass is 167 g/mol. The van der Waals surface area contributed by atoms with Gasteiger partial charge in [0.25, 0.3) is 0 Å². The summed E-state index contributed by atoms with van der Waals surface area (Å²) in [6.45, 7) is 2.09. The van der Waals surface area contributed by atoms with Gasteiger partial charge in [0, 0.05) is 6.20 Å². The first-order valence-electron chi connectivity index (χ1n) is 3.89. The third-order valence-corrected chi connectivity index (χ3v) is 2.34. The average Bonchev–Trinajstić information content (AvgIpc) is 2.76.